The standard InChI is InChI=1S/C12H11NO2S/c14-8-11-1-2-12(7-13-11)15-5-3-10-4-6-16-9-10/h1-2,4,6-9H,3,5H2. The summed E-state index contributed by atoms with van der Waals surface area (Å²) in [7, 11) is 0. The van der Waals surface area contributed by atoms with E-state index < -0.39 is 0 Å². The maximum Gasteiger partial charge on any atom is 0.168 e. The number of carbonyl (C=O) groups excluding carboxylic acids is 1. The van der Waals surface area contributed by atoms with Crippen LogP contribution in [0.4, 0.5) is 0 Å². The Morgan fingerprint density at radius 1 is 1.38 bits per heavy atom. The first-order valence-corrected chi connectivity index (χ1v) is 5.88. The normalized spacial score (nSPS) is 10.0. The van der Waals surface area contributed by atoms with Gasteiger partial charge in [-0.25, -0.2) is 4.98 Å². The highest BCUT2D eigenvalue weighted by atomic mass is 32.1. The van der Waals surface area contributed by atoms with Crippen LogP contribution in [-0.4, -0.2) is 17.9 Å². The highest BCUT2D eigenvalue weighted by Crippen LogP contribution is 2.10. The number of aromatic nitrogens is 1. The molecule has 0 aliphatic rings. The van der Waals surface area contributed by atoms with Crippen LogP contribution in [0.25, 0.3) is 0 Å². The fourth-order valence-corrected chi connectivity index (χ4v) is 1.97. The van der Waals surface area contributed by atoms with Crippen LogP contribution in [0, 0.1) is 0 Å². The number of thiophene rings is 1. The summed E-state index contributed by atoms with van der Waals surface area (Å²) in [5.74, 6) is 0.695. The lowest BCUT2D eigenvalue weighted by Gasteiger charge is -2.04. The first-order valence-electron chi connectivity index (χ1n) is 4.93. The van der Waals surface area contributed by atoms with E-state index in [2.05, 4.69) is 21.8 Å². The summed E-state index contributed by atoms with van der Waals surface area (Å²) in [6.07, 6.45) is 3.17. The number of pyridine rings is 1. The third-order valence-electron chi connectivity index (χ3n) is 2.12. The number of rotatable bonds is 5. The number of aldehydes is 1. The molecule has 0 amide bonds. The Morgan fingerprint density at radius 2 is 2.31 bits per heavy atom. The largest absolute Gasteiger partial charge is 0.492 e. The molecule has 0 saturated carbocycles. The summed E-state index contributed by atoms with van der Waals surface area (Å²) in [5, 5.41) is 4.16. The lowest BCUT2D eigenvalue weighted by molar-refractivity contribution is 0.111. The second kappa shape index (κ2) is 5.42. The van der Waals surface area contributed by atoms with Crippen LogP contribution in [0.3, 0.4) is 0 Å². The summed E-state index contributed by atoms with van der Waals surface area (Å²) in [6, 6.07) is 5.49. The minimum absolute atomic E-state index is 0.421. The molecule has 0 aliphatic carbocycles. The summed E-state index contributed by atoms with van der Waals surface area (Å²) in [6.45, 7) is 0.624. The van der Waals surface area contributed by atoms with Gasteiger partial charge in [0.2, 0.25) is 0 Å². The zero-order valence-corrected chi connectivity index (χ0v) is 9.44. The number of nitrogens with zero attached hydrogens (tertiary/aromatic N) is 1. The molecule has 0 aromatic carbocycles. The highest BCUT2D eigenvalue weighted by Gasteiger charge is 1.97. The van der Waals surface area contributed by atoms with Gasteiger partial charge < -0.3 is 4.74 Å². The molecule has 0 saturated heterocycles. The zero-order valence-electron chi connectivity index (χ0n) is 8.63. The SMILES string of the molecule is O=Cc1ccc(OCCc2ccsc2)cn1. The lowest BCUT2D eigenvalue weighted by atomic mass is 10.2. The van der Waals surface area contributed by atoms with Gasteiger partial charge in [-0.1, -0.05) is 0 Å². The summed E-state index contributed by atoms with van der Waals surface area (Å²) in [4.78, 5) is 14.3. The highest BCUT2D eigenvalue weighted by molar-refractivity contribution is 7.07. The van der Waals surface area contributed by atoms with Crippen molar-refractivity contribution in [3.63, 3.8) is 0 Å². The van der Waals surface area contributed by atoms with E-state index in [9.17, 15) is 4.79 Å². The number of carbonyl (C=O) groups is 1. The van der Waals surface area contributed by atoms with Crippen LogP contribution < -0.4 is 4.74 Å². The molecular formula is C12H11NO2S. The molecule has 2 aromatic heterocycles. The van der Waals surface area contributed by atoms with E-state index in [-0.39, 0.29) is 0 Å². The van der Waals surface area contributed by atoms with Gasteiger partial charge in [0, 0.05) is 6.42 Å². The van der Waals surface area contributed by atoms with Gasteiger partial charge in [0.05, 0.1) is 12.8 Å². The Balaban J connectivity index is 1.83. The molecule has 3 nitrogen and oxygen atoms in total. The van der Waals surface area contributed by atoms with E-state index in [4.69, 9.17) is 4.74 Å². The predicted octanol–water partition coefficient (Wildman–Crippen LogP) is 2.58. The van der Waals surface area contributed by atoms with E-state index >= 15 is 0 Å². The van der Waals surface area contributed by atoms with E-state index in [0.29, 0.717) is 18.1 Å². The van der Waals surface area contributed by atoms with Gasteiger partial charge in [0.15, 0.2) is 6.29 Å². The smallest absolute Gasteiger partial charge is 0.168 e. The minimum Gasteiger partial charge on any atom is -0.492 e. The van der Waals surface area contributed by atoms with Crippen LogP contribution in [0.15, 0.2) is 35.2 Å². The Labute approximate surface area is 97.7 Å². The Bertz CT molecular complexity index is 437. The van der Waals surface area contributed by atoms with E-state index in [1.807, 2.05) is 0 Å². The van der Waals surface area contributed by atoms with Crippen LogP contribution in [-0.2, 0) is 6.42 Å². The van der Waals surface area contributed by atoms with E-state index in [0.717, 1.165) is 12.7 Å². The van der Waals surface area contributed by atoms with Crippen molar-refractivity contribution in [1.29, 1.82) is 0 Å². The average Bonchev–Trinajstić information content (AvgIpc) is 2.83. The van der Waals surface area contributed by atoms with Gasteiger partial charge in [-0.3, -0.25) is 4.79 Å². The second-order valence-corrected chi connectivity index (χ2v) is 4.05. The molecule has 0 N–H and O–H groups in total. The number of ether oxygens (including phenoxy) is 1. The van der Waals surface area contributed by atoms with Crippen LogP contribution in [0.5, 0.6) is 5.75 Å². The molecular weight excluding hydrogens is 222 g/mol. The molecule has 2 aromatic rings. The molecule has 2 heterocycles. The van der Waals surface area contributed by atoms with E-state index in [1.165, 1.54) is 5.56 Å². The Morgan fingerprint density at radius 3 is 2.94 bits per heavy atom. The van der Waals surface area contributed by atoms with Crippen molar-refractivity contribution in [3.8, 4) is 5.75 Å². The molecule has 4 heteroatoms. The van der Waals surface area contributed by atoms with Crippen LogP contribution in [0.2, 0.25) is 0 Å². The first kappa shape index (κ1) is 10.8. The molecule has 0 aliphatic heterocycles. The molecule has 0 fully saturated rings. The maximum atomic E-state index is 10.4. The quantitative estimate of drug-likeness (QED) is 0.745. The number of hydrogen-bond acceptors (Lipinski definition) is 4. The van der Waals surface area contributed by atoms with Crippen LogP contribution >= 0.6 is 11.3 Å². The van der Waals surface area contributed by atoms with Crippen molar-refractivity contribution in [2.24, 2.45) is 0 Å². The molecule has 82 valence electrons. The van der Waals surface area contributed by atoms with Crippen molar-refractivity contribution in [2.45, 2.75) is 6.42 Å². The summed E-state index contributed by atoms with van der Waals surface area (Å²) in [5.41, 5.74) is 1.70. The van der Waals surface area contributed by atoms with Crippen molar-refractivity contribution in [1.82, 2.24) is 4.98 Å². The fraction of sp³-hybridized carbons (Fsp3) is 0.167. The van der Waals surface area contributed by atoms with Crippen molar-refractivity contribution >= 4 is 17.6 Å². The minimum atomic E-state index is 0.421. The summed E-state index contributed by atoms with van der Waals surface area (Å²) >= 11 is 1.68. The Kier molecular flexibility index (Phi) is 3.66. The molecule has 0 spiro atoms. The van der Waals surface area contributed by atoms with Gasteiger partial charge in [-0.15, -0.1) is 0 Å². The first-order chi connectivity index (χ1) is 7.88. The van der Waals surface area contributed by atoms with Gasteiger partial charge in [0.25, 0.3) is 0 Å². The topological polar surface area (TPSA) is 39.2 Å². The Hall–Kier alpha value is -1.68. The zero-order chi connectivity index (χ0) is 11.2. The van der Waals surface area contributed by atoms with Gasteiger partial charge in [-0.2, -0.15) is 11.3 Å². The monoisotopic (exact) mass is 233 g/mol. The lowest BCUT2D eigenvalue weighted by Crippen LogP contribution is -2.01. The second-order valence-electron chi connectivity index (χ2n) is 3.27. The molecule has 16 heavy (non-hydrogen) atoms. The van der Waals surface area contributed by atoms with Gasteiger partial charge in [0.1, 0.15) is 11.4 Å². The average molecular weight is 233 g/mol. The fourth-order valence-electron chi connectivity index (χ4n) is 1.27. The number of hydrogen-bond donors (Lipinski definition) is 0. The molecule has 0 radical (unpaired) electrons. The molecule has 0 bridgehead atoms. The maximum absolute atomic E-state index is 10.4. The third kappa shape index (κ3) is 2.90. The van der Waals surface area contributed by atoms with Crippen molar-refractivity contribution in [2.75, 3.05) is 6.61 Å². The van der Waals surface area contributed by atoms with Crippen molar-refractivity contribution in [3.05, 3.63) is 46.4 Å². The van der Waals surface area contributed by atoms with E-state index in [1.54, 1.807) is 29.7 Å². The third-order valence-corrected chi connectivity index (χ3v) is 2.85. The molecule has 0 unspecified atom stereocenters. The van der Waals surface area contributed by atoms with Crippen molar-refractivity contribution < 1.29 is 9.53 Å². The van der Waals surface area contributed by atoms with Gasteiger partial charge >= 0.3 is 0 Å². The summed E-state index contributed by atoms with van der Waals surface area (Å²) < 4.78 is 5.51. The molecule has 0 atom stereocenters. The van der Waals surface area contributed by atoms with Crippen LogP contribution in [0.1, 0.15) is 16.1 Å². The molecule has 2 rings (SSSR count). The predicted molar refractivity (Wildman–Crippen MR) is 63.1 cm³/mol. The van der Waals surface area contributed by atoms with Gasteiger partial charge in [-0.05, 0) is 34.5 Å².